The van der Waals surface area contributed by atoms with Crippen LogP contribution in [0, 0.1) is 11.8 Å². The van der Waals surface area contributed by atoms with Crippen molar-refractivity contribution < 1.29 is 83.2 Å². The molecule has 3 heterocycles. The third-order valence-electron chi connectivity index (χ3n) is 9.07. The molecule has 276 valence electrons. The minimum atomic E-state index is -1.80. The lowest BCUT2D eigenvalue weighted by Gasteiger charge is -2.44. The van der Waals surface area contributed by atoms with Gasteiger partial charge in [-0.1, -0.05) is 18.2 Å². The first kappa shape index (κ1) is 37.8. The van der Waals surface area contributed by atoms with Crippen molar-refractivity contribution >= 4 is 18.0 Å². The molecule has 50 heavy (non-hydrogen) atoms. The highest BCUT2D eigenvalue weighted by atomic mass is 16.8. The zero-order chi connectivity index (χ0) is 36.1. The van der Waals surface area contributed by atoms with Gasteiger partial charge in [-0.25, -0.2) is 9.59 Å². The van der Waals surface area contributed by atoms with E-state index in [4.69, 9.17) is 37.9 Å². The smallest absolute Gasteiger partial charge is 0.337 e. The van der Waals surface area contributed by atoms with E-state index in [2.05, 4.69) is 0 Å². The maximum Gasteiger partial charge on any atom is 0.337 e. The molecular formula is C33H42O17. The second kappa shape index (κ2) is 16.7. The van der Waals surface area contributed by atoms with Gasteiger partial charge in [0.25, 0.3) is 0 Å². The summed E-state index contributed by atoms with van der Waals surface area (Å²) in [6, 6.07) is 6.85. The number of esters is 2. The van der Waals surface area contributed by atoms with Crippen molar-refractivity contribution in [3.63, 3.8) is 0 Å². The lowest BCUT2D eigenvalue weighted by Crippen LogP contribution is -2.62. The molecule has 0 aromatic heterocycles. The first-order valence-corrected chi connectivity index (χ1v) is 15.9. The Morgan fingerprint density at radius 3 is 2.12 bits per heavy atom. The van der Waals surface area contributed by atoms with Crippen LogP contribution in [0.15, 0.2) is 53.8 Å². The number of allylic oxidation sites excluding steroid dienone is 1. The van der Waals surface area contributed by atoms with Crippen LogP contribution in [0.25, 0.3) is 6.08 Å². The predicted octanol–water partition coefficient (Wildman–Crippen LogP) is -2.13. The van der Waals surface area contributed by atoms with Crippen LogP contribution < -0.4 is 4.74 Å². The van der Waals surface area contributed by atoms with E-state index in [0.29, 0.717) is 23.3 Å². The zero-order valence-electron chi connectivity index (χ0n) is 27.2. The largest absolute Gasteiger partial charge is 0.497 e. The molecule has 7 N–H and O–H groups in total. The van der Waals surface area contributed by atoms with E-state index >= 15 is 0 Å². The minimum Gasteiger partial charge on any atom is -0.497 e. The van der Waals surface area contributed by atoms with Crippen LogP contribution in [0.5, 0.6) is 5.75 Å². The molecule has 13 atom stereocenters. The van der Waals surface area contributed by atoms with Crippen LogP contribution in [0.4, 0.5) is 0 Å². The zero-order valence-corrected chi connectivity index (χ0v) is 27.2. The monoisotopic (exact) mass is 710 g/mol. The van der Waals surface area contributed by atoms with E-state index in [0.717, 1.165) is 6.08 Å². The van der Waals surface area contributed by atoms with Crippen LogP contribution in [0.3, 0.4) is 0 Å². The van der Waals surface area contributed by atoms with Crippen molar-refractivity contribution in [2.45, 2.75) is 74.1 Å². The Balaban J connectivity index is 1.19. The van der Waals surface area contributed by atoms with Crippen molar-refractivity contribution in [1.82, 2.24) is 0 Å². The molecule has 1 aromatic carbocycles. The van der Waals surface area contributed by atoms with Crippen LogP contribution >= 0.6 is 0 Å². The standard InChI is InChI=1S/C33H42O17/c1-43-17-7-3-15(4-8-17)5-10-22(35)45-13-20-24(36)26(38)28(40)32(48-20)47-14-21-25(37)27(39)29(41)33(49-21)50-31-23-16(11-34)6-9-18(23)19(12-46-31)30(42)44-2/h3-8,10,12,18,20-21,23-29,31-34,36-41H,9,11,13-14H2,1-2H3. The van der Waals surface area contributed by atoms with E-state index in [1.54, 1.807) is 30.3 Å². The highest BCUT2D eigenvalue weighted by Gasteiger charge is 2.51. The average molecular weight is 711 g/mol. The number of hydrogen-bond donors (Lipinski definition) is 7. The Kier molecular flexibility index (Phi) is 12.6. The molecule has 17 heteroatoms. The minimum absolute atomic E-state index is 0.223. The number of aliphatic hydroxyl groups is 7. The number of hydrogen-bond acceptors (Lipinski definition) is 17. The maximum absolute atomic E-state index is 12.3. The van der Waals surface area contributed by atoms with E-state index in [-0.39, 0.29) is 12.2 Å². The molecule has 0 saturated carbocycles. The molecule has 5 rings (SSSR count). The van der Waals surface area contributed by atoms with Crippen molar-refractivity contribution in [1.29, 1.82) is 0 Å². The fourth-order valence-electron chi connectivity index (χ4n) is 6.19. The Labute approximate surface area is 286 Å². The molecule has 2 fully saturated rings. The SMILES string of the molecule is COC(=O)C1=COC(OC2OC(COC3OC(COC(=O)C=Cc4ccc(OC)cc4)C(O)C(O)C3O)C(O)C(O)C2O)C2C(CO)=CCC12. The summed E-state index contributed by atoms with van der Waals surface area (Å²) in [7, 11) is 2.74. The molecule has 2 saturated heterocycles. The van der Waals surface area contributed by atoms with Gasteiger partial charge in [0.15, 0.2) is 12.6 Å². The summed E-state index contributed by atoms with van der Waals surface area (Å²) in [4.78, 5) is 24.6. The number of ether oxygens (including phenoxy) is 8. The highest BCUT2D eigenvalue weighted by molar-refractivity contribution is 5.89. The van der Waals surface area contributed by atoms with Gasteiger partial charge in [0.05, 0.1) is 45.2 Å². The summed E-state index contributed by atoms with van der Waals surface area (Å²) in [5.41, 5.74) is 1.42. The van der Waals surface area contributed by atoms with Gasteiger partial charge in [-0.05, 0) is 35.8 Å². The number of rotatable bonds is 12. The number of benzene rings is 1. The topological polar surface area (TPSA) is 250 Å². The molecule has 3 aliphatic heterocycles. The number of carbonyl (C=O) groups excluding carboxylic acids is 2. The van der Waals surface area contributed by atoms with Crippen molar-refractivity contribution in [3.05, 3.63) is 59.4 Å². The maximum atomic E-state index is 12.3. The molecule has 17 nitrogen and oxygen atoms in total. The molecule has 4 aliphatic rings. The summed E-state index contributed by atoms with van der Waals surface area (Å²) in [6.45, 7) is -1.48. The Bertz CT molecular complexity index is 1410. The lowest BCUT2D eigenvalue weighted by molar-refractivity contribution is -0.352. The Morgan fingerprint density at radius 2 is 1.48 bits per heavy atom. The van der Waals surface area contributed by atoms with Crippen LogP contribution in [-0.2, 0) is 42.7 Å². The van der Waals surface area contributed by atoms with E-state index < -0.39 is 105 Å². The predicted molar refractivity (Wildman–Crippen MR) is 165 cm³/mol. The van der Waals surface area contributed by atoms with Crippen LogP contribution in [-0.4, -0.2) is 149 Å². The van der Waals surface area contributed by atoms with E-state index in [9.17, 15) is 45.3 Å². The first-order chi connectivity index (χ1) is 24.0. The molecule has 0 bridgehead atoms. The number of carbonyl (C=O) groups is 2. The summed E-state index contributed by atoms with van der Waals surface area (Å²) < 4.78 is 43.5. The quantitative estimate of drug-likeness (QED) is 0.0695. The average Bonchev–Trinajstić information content (AvgIpc) is 3.57. The molecule has 1 aliphatic carbocycles. The second-order valence-electron chi connectivity index (χ2n) is 12.1. The highest BCUT2D eigenvalue weighted by Crippen LogP contribution is 2.44. The fourth-order valence-corrected chi connectivity index (χ4v) is 6.19. The van der Waals surface area contributed by atoms with Crippen molar-refractivity contribution in [2.75, 3.05) is 34.0 Å². The van der Waals surface area contributed by atoms with Gasteiger partial charge >= 0.3 is 11.9 Å². The molecular weight excluding hydrogens is 668 g/mol. The number of fused-ring (bicyclic) bond motifs is 1. The summed E-state index contributed by atoms with van der Waals surface area (Å²) in [5, 5.41) is 73.3. The normalized spacial score (nSPS) is 36.9. The number of methoxy groups -OCH3 is 2. The van der Waals surface area contributed by atoms with E-state index in [1.165, 1.54) is 26.6 Å². The Hall–Kier alpha value is -3.46. The van der Waals surface area contributed by atoms with Crippen LogP contribution in [0.1, 0.15) is 12.0 Å². The van der Waals surface area contributed by atoms with Gasteiger partial charge in [0.1, 0.15) is 61.2 Å². The van der Waals surface area contributed by atoms with Gasteiger partial charge < -0.3 is 73.6 Å². The Morgan fingerprint density at radius 1 is 0.840 bits per heavy atom. The van der Waals surface area contributed by atoms with Crippen LogP contribution in [0.2, 0.25) is 0 Å². The van der Waals surface area contributed by atoms with Crippen molar-refractivity contribution in [3.8, 4) is 5.75 Å². The molecule has 0 amide bonds. The van der Waals surface area contributed by atoms with Gasteiger partial charge in [-0.15, -0.1) is 0 Å². The first-order valence-electron chi connectivity index (χ1n) is 15.9. The van der Waals surface area contributed by atoms with Gasteiger partial charge in [-0.3, -0.25) is 0 Å². The fraction of sp³-hybridized carbons (Fsp3) is 0.576. The van der Waals surface area contributed by atoms with Crippen molar-refractivity contribution in [2.24, 2.45) is 11.8 Å². The summed E-state index contributed by atoms with van der Waals surface area (Å²) >= 11 is 0. The second-order valence-corrected chi connectivity index (χ2v) is 12.1. The van der Waals surface area contributed by atoms with E-state index in [1.807, 2.05) is 0 Å². The summed E-state index contributed by atoms with van der Waals surface area (Å²) in [5.74, 6) is -1.91. The van der Waals surface area contributed by atoms with Gasteiger partial charge in [0, 0.05) is 12.0 Å². The summed E-state index contributed by atoms with van der Waals surface area (Å²) in [6.07, 6.45) is -11.8. The van der Waals surface area contributed by atoms with Gasteiger partial charge in [-0.2, -0.15) is 0 Å². The number of aliphatic hydroxyl groups excluding tert-OH is 7. The molecule has 13 unspecified atom stereocenters. The lowest BCUT2D eigenvalue weighted by atomic mass is 9.83. The molecule has 0 radical (unpaired) electrons. The molecule has 0 spiro atoms. The third kappa shape index (κ3) is 8.19. The molecule has 1 aromatic rings. The van der Waals surface area contributed by atoms with Gasteiger partial charge in [0.2, 0.25) is 6.29 Å². The third-order valence-corrected chi connectivity index (χ3v) is 9.07.